The Labute approximate surface area is 115 Å². The molecule has 0 aliphatic carbocycles. The molecule has 4 heterocycles. The van der Waals surface area contributed by atoms with Crippen LogP contribution in [0.25, 0.3) is 28.3 Å². The van der Waals surface area contributed by atoms with E-state index >= 15 is 0 Å². The number of nitrogens with zero attached hydrogens (tertiary/aromatic N) is 3. The van der Waals surface area contributed by atoms with Gasteiger partial charge in [0.25, 0.3) is 0 Å². The summed E-state index contributed by atoms with van der Waals surface area (Å²) in [5.74, 6) is 0.856. The molecule has 0 amide bonds. The van der Waals surface area contributed by atoms with E-state index in [1.165, 1.54) is 0 Å². The van der Waals surface area contributed by atoms with Crippen molar-refractivity contribution in [1.29, 1.82) is 0 Å². The summed E-state index contributed by atoms with van der Waals surface area (Å²) in [6.45, 7) is 0. The minimum absolute atomic E-state index is 0.856. The summed E-state index contributed by atoms with van der Waals surface area (Å²) >= 11 is 0. The second kappa shape index (κ2) is 4.35. The molecular weight excluding hydrogens is 250 g/mol. The minimum atomic E-state index is 0.856. The highest BCUT2D eigenvalue weighted by atomic mass is 16.3. The standard InChI is InChI=1S/C16H11N3O/c1-3-8-17-13(5-1)15-14-6-2-4-9-19(14)16(18-15)12-7-10-20-11-12/h1-11H. The fourth-order valence-electron chi connectivity index (χ4n) is 2.32. The van der Waals surface area contributed by atoms with Crippen LogP contribution in [0.2, 0.25) is 0 Å². The largest absolute Gasteiger partial charge is 0.472 e. The molecule has 0 saturated carbocycles. The number of furan rings is 1. The summed E-state index contributed by atoms with van der Waals surface area (Å²) in [5.41, 5.74) is 3.73. The van der Waals surface area contributed by atoms with Crippen molar-refractivity contribution in [3.05, 3.63) is 67.4 Å². The van der Waals surface area contributed by atoms with Crippen LogP contribution in [-0.2, 0) is 0 Å². The smallest absolute Gasteiger partial charge is 0.148 e. The van der Waals surface area contributed by atoms with Crippen molar-refractivity contribution in [3.8, 4) is 22.8 Å². The Bertz CT molecular complexity index is 848. The van der Waals surface area contributed by atoms with Gasteiger partial charge >= 0.3 is 0 Å². The number of imidazole rings is 1. The second-order valence-electron chi connectivity index (χ2n) is 4.47. The van der Waals surface area contributed by atoms with Gasteiger partial charge in [-0.3, -0.25) is 9.38 Å². The van der Waals surface area contributed by atoms with Gasteiger partial charge in [0.05, 0.1) is 23.0 Å². The lowest BCUT2D eigenvalue weighted by molar-refractivity contribution is 0.568. The first-order valence-electron chi connectivity index (χ1n) is 6.34. The third-order valence-electron chi connectivity index (χ3n) is 3.24. The zero-order valence-electron chi connectivity index (χ0n) is 10.6. The zero-order valence-corrected chi connectivity index (χ0v) is 10.6. The van der Waals surface area contributed by atoms with Gasteiger partial charge < -0.3 is 4.42 Å². The van der Waals surface area contributed by atoms with Crippen molar-refractivity contribution < 1.29 is 4.42 Å². The predicted octanol–water partition coefficient (Wildman–Crippen LogP) is 3.66. The van der Waals surface area contributed by atoms with E-state index in [0.29, 0.717) is 0 Å². The molecule has 4 rings (SSSR count). The molecule has 0 aromatic carbocycles. The molecule has 0 spiro atoms. The Morgan fingerprint density at radius 1 is 1.00 bits per heavy atom. The Morgan fingerprint density at radius 2 is 1.95 bits per heavy atom. The van der Waals surface area contributed by atoms with Gasteiger partial charge in [0.15, 0.2) is 0 Å². The normalized spacial score (nSPS) is 11.0. The number of aromatic nitrogens is 3. The van der Waals surface area contributed by atoms with E-state index in [1.807, 2.05) is 48.7 Å². The van der Waals surface area contributed by atoms with E-state index in [1.54, 1.807) is 18.7 Å². The lowest BCUT2D eigenvalue weighted by Crippen LogP contribution is -1.86. The first-order chi connectivity index (χ1) is 9.93. The molecule has 0 aliphatic rings. The first-order valence-corrected chi connectivity index (χ1v) is 6.34. The average molecular weight is 261 g/mol. The van der Waals surface area contributed by atoms with Gasteiger partial charge in [-0.25, -0.2) is 4.98 Å². The fourth-order valence-corrected chi connectivity index (χ4v) is 2.32. The molecule has 0 fully saturated rings. The molecule has 0 atom stereocenters. The van der Waals surface area contributed by atoms with Crippen LogP contribution in [0.15, 0.2) is 71.8 Å². The van der Waals surface area contributed by atoms with Gasteiger partial charge in [-0.1, -0.05) is 12.1 Å². The lowest BCUT2D eigenvalue weighted by atomic mass is 10.2. The van der Waals surface area contributed by atoms with Gasteiger partial charge in [-0.05, 0) is 30.3 Å². The van der Waals surface area contributed by atoms with Crippen LogP contribution >= 0.6 is 0 Å². The summed E-state index contributed by atoms with van der Waals surface area (Å²) in [6, 6.07) is 13.8. The Hall–Kier alpha value is -2.88. The molecule has 0 aliphatic heterocycles. The minimum Gasteiger partial charge on any atom is -0.472 e. The summed E-state index contributed by atoms with van der Waals surface area (Å²) < 4.78 is 7.21. The highest BCUT2D eigenvalue weighted by Gasteiger charge is 2.14. The van der Waals surface area contributed by atoms with Crippen LogP contribution in [0.5, 0.6) is 0 Å². The molecule has 0 saturated heterocycles. The van der Waals surface area contributed by atoms with Crippen LogP contribution in [0.4, 0.5) is 0 Å². The topological polar surface area (TPSA) is 43.3 Å². The Kier molecular flexibility index (Phi) is 2.39. The predicted molar refractivity (Wildman–Crippen MR) is 76.1 cm³/mol. The van der Waals surface area contributed by atoms with E-state index < -0.39 is 0 Å². The highest BCUT2D eigenvalue weighted by Crippen LogP contribution is 2.28. The van der Waals surface area contributed by atoms with Crippen LogP contribution in [0.1, 0.15) is 0 Å². The van der Waals surface area contributed by atoms with Gasteiger partial charge in [0, 0.05) is 12.4 Å². The molecule has 96 valence electrons. The van der Waals surface area contributed by atoms with Crippen molar-refractivity contribution in [1.82, 2.24) is 14.4 Å². The Morgan fingerprint density at radius 3 is 2.75 bits per heavy atom. The van der Waals surface area contributed by atoms with Crippen LogP contribution in [0, 0.1) is 0 Å². The monoisotopic (exact) mass is 261 g/mol. The number of hydrogen-bond acceptors (Lipinski definition) is 3. The van der Waals surface area contributed by atoms with Gasteiger partial charge in [-0.2, -0.15) is 0 Å². The van der Waals surface area contributed by atoms with E-state index in [2.05, 4.69) is 9.38 Å². The average Bonchev–Trinajstić information content (AvgIpc) is 3.15. The van der Waals surface area contributed by atoms with E-state index in [0.717, 1.165) is 28.3 Å². The SMILES string of the molecule is c1ccc(-c2nc(-c3ccoc3)n3ccccc23)nc1. The number of hydrogen-bond donors (Lipinski definition) is 0. The van der Waals surface area contributed by atoms with Gasteiger partial charge in [0.1, 0.15) is 17.8 Å². The maximum atomic E-state index is 5.16. The molecule has 0 radical (unpaired) electrons. The summed E-state index contributed by atoms with van der Waals surface area (Å²) in [6.07, 6.45) is 7.13. The third-order valence-corrected chi connectivity index (χ3v) is 3.24. The molecule has 4 heteroatoms. The summed E-state index contributed by atoms with van der Waals surface area (Å²) in [5, 5.41) is 0. The number of fused-ring (bicyclic) bond motifs is 1. The fraction of sp³-hybridized carbons (Fsp3) is 0. The molecule has 20 heavy (non-hydrogen) atoms. The quantitative estimate of drug-likeness (QED) is 0.553. The maximum absolute atomic E-state index is 5.16. The van der Waals surface area contributed by atoms with E-state index in [4.69, 9.17) is 9.40 Å². The molecule has 4 aromatic heterocycles. The highest BCUT2D eigenvalue weighted by molar-refractivity contribution is 5.79. The Balaban J connectivity index is 2.04. The van der Waals surface area contributed by atoms with Crippen molar-refractivity contribution in [3.63, 3.8) is 0 Å². The van der Waals surface area contributed by atoms with Crippen LogP contribution in [-0.4, -0.2) is 14.4 Å². The molecule has 4 aromatic rings. The number of rotatable bonds is 2. The zero-order chi connectivity index (χ0) is 13.4. The van der Waals surface area contributed by atoms with Crippen molar-refractivity contribution in [2.45, 2.75) is 0 Å². The molecule has 0 unspecified atom stereocenters. The van der Waals surface area contributed by atoms with Crippen molar-refractivity contribution in [2.24, 2.45) is 0 Å². The van der Waals surface area contributed by atoms with Gasteiger partial charge in [-0.15, -0.1) is 0 Å². The van der Waals surface area contributed by atoms with E-state index in [-0.39, 0.29) is 0 Å². The third kappa shape index (κ3) is 1.62. The second-order valence-corrected chi connectivity index (χ2v) is 4.47. The van der Waals surface area contributed by atoms with Crippen LogP contribution in [0.3, 0.4) is 0 Å². The van der Waals surface area contributed by atoms with Crippen molar-refractivity contribution in [2.75, 3.05) is 0 Å². The summed E-state index contributed by atoms with van der Waals surface area (Å²) in [4.78, 5) is 9.14. The first kappa shape index (κ1) is 11.0. The maximum Gasteiger partial charge on any atom is 0.148 e. The molecular formula is C16H11N3O. The van der Waals surface area contributed by atoms with E-state index in [9.17, 15) is 0 Å². The van der Waals surface area contributed by atoms with Crippen LogP contribution < -0.4 is 0 Å². The molecule has 4 nitrogen and oxygen atoms in total. The summed E-state index contributed by atoms with van der Waals surface area (Å²) in [7, 11) is 0. The number of pyridine rings is 2. The van der Waals surface area contributed by atoms with Gasteiger partial charge in [0.2, 0.25) is 0 Å². The molecule has 0 N–H and O–H groups in total. The van der Waals surface area contributed by atoms with Crippen molar-refractivity contribution >= 4 is 5.52 Å². The lowest BCUT2D eigenvalue weighted by Gasteiger charge is -1.97. The molecule has 0 bridgehead atoms.